The Labute approximate surface area is 133 Å². The van der Waals surface area contributed by atoms with Gasteiger partial charge in [0.25, 0.3) is 0 Å². The van der Waals surface area contributed by atoms with Gasteiger partial charge in [-0.05, 0) is 30.2 Å². The second-order valence-corrected chi connectivity index (χ2v) is 5.73. The summed E-state index contributed by atoms with van der Waals surface area (Å²) in [6.07, 6.45) is 1.39. The minimum Gasteiger partial charge on any atom is -0.497 e. The van der Waals surface area contributed by atoms with Crippen LogP contribution in [0.3, 0.4) is 0 Å². The molecule has 1 saturated heterocycles. The van der Waals surface area contributed by atoms with Gasteiger partial charge < -0.3 is 14.7 Å². The molecule has 0 radical (unpaired) electrons. The van der Waals surface area contributed by atoms with Crippen LogP contribution in [0.25, 0.3) is 0 Å². The van der Waals surface area contributed by atoms with Crippen LogP contribution in [0.1, 0.15) is 18.0 Å². The highest BCUT2D eigenvalue weighted by Crippen LogP contribution is 2.37. The van der Waals surface area contributed by atoms with Crippen LogP contribution in [0.15, 0.2) is 36.5 Å². The van der Waals surface area contributed by atoms with Gasteiger partial charge >= 0.3 is 0 Å². The fourth-order valence-electron chi connectivity index (χ4n) is 2.83. The number of pyridine rings is 1. The van der Waals surface area contributed by atoms with Crippen molar-refractivity contribution in [2.75, 3.05) is 18.6 Å². The van der Waals surface area contributed by atoms with E-state index in [0.717, 1.165) is 11.3 Å². The van der Waals surface area contributed by atoms with Gasteiger partial charge in [0.1, 0.15) is 5.75 Å². The van der Waals surface area contributed by atoms with Crippen molar-refractivity contribution in [2.24, 2.45) is 0 Å². The summed E-state index contributed by atoms with van der Waals surface area (Å²) in [7, 11) is 1.60. The zero-order valence-corrected chi connectivity index (χ0v) is 12.8. The molecule has 116 valence electrons. The van der Waals surface area contributed by atoms with Crippen LogP contribution < -0.4 is 9.64 Å². The smallest absolute Gasteiger partial charge is 0.167 e. The second kappa shape index (κ2) is 6.10. The third-order valence-electron chi connectivity index (χ3n) is 3.82. The largest absolute Gasteiger partial charge is 0.497 e. The maximum Gasteiger partial charge on any atom is 0.167 e. The molecule has 1 fully saturated rings. The predicted molar refractivity (Wildman–Crippen MR) is 82.9 cm³/mol. The van der Waals surface area contributed by atoms with Crippen LogP contribution in [0, 0.1) is 5.82 Å². The van der Waals surface area contributed by atoms with Crippen LogP contribution in [0.5, 0.6) is 5.75 Å². The molecule has 2 atom stereocenters. The van der Waals surface area contributed by atoms with Gasteiger partial charge in [0, 0.05) is 12.7 Å². The molecule has 1 N–H and O–H groups in total. The minimum atomic E-state index is -0.534. The third-order valence-corrected chi connectivity index (χ3v) is 4.02. The normalized spacial score (nSPS) is 21.2. The lowest BCUT2D eigenvalue weighted by Crippen LogP contribution is -2.26. The Morgan fingerprint density at radius 3 is 2.95 bits per heavy atom. The zero-order valence-electron chi connectivity index (χ0n) is 12.0. The molecule has 0 aliphatic carbocycles. The van der Waals surface area contributed by atoms with Gasteiger partial charge in [0.2, 0.25) is 0 Å². The summed E-state index contributed by atoms with van der Waals surface area (Å²) in [4.78, 5) is 5.86. The standard InChI is InChI=1S/C16H16ClFN2O2/c1-22-13-4-2-3-10(5-13)15-7-12(21)9-20(15)16-14(18)6-11(17)8-19-16/h2-6,8,12,15,21H,7,9H2,1H3/t12-,15+/m1/s1. The molecule has 0 unspecified atom stereocenters. The van der Waals surface area contributed by atoms with Gasteiger partial charge in [0.15, 0.2) is 11.6 Å². The number of hydrogen-bond donors (Lipinski definition) is 1. The van der Waals surface area contributed by atoms with Gasteiger partial charge in [-0.25, -0.2) is 9.37 Å². The Morgan fingerprint density at radius 2 is 2.23 bits per heavy atom. The maximum atomic E-state index is 14.2. The molecule has 0 amide bonds. The van der Waals surface area contributed by atoms with Crippen molar-refractivity contribution < 1.29 is 14.2 Å². The fourth-order valence-corrected chi connectivity index (χ4v) is 2.98. The van der Waals surface area contributed by atoms with E-state index in [4.69, 9.17) is 16.3 Å². The molecule has 1 aliphatic rings. The summed E-state index contributed by atoms with van der Waals surface area (Å²) >= 11 is 5.76. The number of nitrogens with zero attached hydrogens (tertiary/aromatic N) is 2. The molecule has 2 heterocycles. The monoisotopic (exact) mass is 322 g/mol. The molecule has 0 saturated carbocycles. The Kier molecular flexibility index (Phi) is 4.18. The van der Waals surface area contributed by atoms with Crippen LogP contribution in [-0.2, 0) is 0 Å². The first kappa shape index (κ1) is 15.1. The molecule has 4 nitrogen and oxygen atoms in total. The number of hydrogen-bond acceptors (Lipinski definition) is 4. The number of methoxy groups -OCH3 is 1. The van der Waals surface area contributed by atoms with E-state index in [1.54, 1.807) is 12.0 Å². The molecule has 3 rings (SSSR count). The highest BCUT2D eigenvalue weighted by molar-refractivity contribution is 6.30. The Morgan fingerprint density at radius 1 is 1.41 bits per heavy atom. The first-order valence-corrected chi connectivity index (χ1v) is 7.36. The number of aromatic nitrogens is 1. The van der Waals surface area contributed by atoms with Crippen molar-refractivity contribution in [3.8, 4) is 5.75 Å². The van der Waals surface area contributed by atoms with E-state index in [9.17, 15) is 9.50 Å². The molecule has 0 bridgehead atoms. The third kappa shape index (κ3) is 2.87. The zero-order chi connectivity index (χ0) is 15.7. The lowest BCUT2D eigenvalue weighted by atomic mass is 10.0. The molecule has 0 spiro atoms. The highest BCUT2D eigenvalue weighted by Gasteiger charge is 2.34. The molecule has 2 aromatic rings. The summed E-state index contributed by atoms with van der Waals surface area (Å²) in [5.41, 5.74) is 0.951. The molecular weight excluding hydrogens is 307 g/mol. The second-order valence-electron chi connectivity index (χ2n) is 5.29. The van der Waals surface area contributed by atoms with E-state index in [2.05, 4.69) is 4.98 Å². The number of anilines is 1. The Bertz CT molecular complexity index is 683. The molecule has 1 aromatic heterocycles. The average molecular weight is 323 g/mol. The van der Waals surface area contributed by atoms with E-state index in [1.165, 1.54) is 12.3 Å². The summed E-state index contributed by atoms with van der Waals surface area (Å²) in [6.45, 7) is 0.327. The van der Waals surface area contributed by atoms with E-state index in [-0.39, 0.29) is 16.9 Å². The van der Waals surface area contributed by atoms with Gasteiger partial charge in [-0.1, -0.05) is 23.7 Å². The first-order chi connectivity index (χ1) is 10.6. The van der Waals surface area contributed by atoms with Crippen LogP contribution in [0.4, 0.5) is 10.2 Å². The molecule has 1 aromatic carbocycles. The van der Waals surface area contributed by atoms with E-state index >= 15 is 0 Å². The van der Waals surface area contributed by atoms with Crippen molar-refractivity contribution in [3.63, 3.8) is 0 Å². The summed E-state index contributed by atoms with van der Waals surface area (Å²) in [5, 5.41) is 10.3. The van der Waals surface area contributed by atoms with Gasteiger partial charge in [-0.15, -0.1) is 0 Å². The van der Waals surface area contributed by atoms with Crippen molar-refractivity contribution in [3.05, 3.63) is 52.9 Å². The van der Waals surface area contributed by atoms with Crippen molar-refractivity contribution in [1.82, 2.24) is 4.98 Å². The lowest BCUT2D eigenvalue weighted by Gasteiger charge is -2.26. The molecule has 1 aliphatic heterocycles. The number of halogens is 2. The summed E-state index contributed by atoms with van der Waals surface area (Å²) in [5.74, 6) is 0.437. The first-order valence-electron chi connectivity index (χ1n) is 6.98. The van der Waals surface area contributed by atoms with Crippen molar-refractivity contribution in [2.45, 2.75) is 18.6 Å². The molecule has 22 heavy (non-hydrogen) atoms. The summed E-state index contributed by atoms with van der Waals surface area (Å²) in [6, 6.07) is 8.63. The van der Waals surface area contributed by atoms with Crippen LogP contribution >= 0.6 is 11.6 Å². The minimum absolute atomic E-state index is 0.159. The molecular formula is C16H16ClFN2O2. The van der Waals surface area contributed by atoms with Gasteiger partial charge in [-0.2, -0.15) is 0 Å². The lowest BCUT2D eigenvalue weighted by molar-refractivity contribution is 0.194. The van der Waals surface area contributed by atoms with Gasteiger partial charge in [0.05, 0.1) is 24.3 Å². The van der Waals surface area contributed by atoms with E-state index in [0.29, 0.717) is 13.0 Å². The highest BCUT2D eigenvalue weighted by atomic mass is 35.5. The number of aliphatic hydroxyl groups excluding tert-OH is 1. The van der Waals surface area contributed by atoms with E-state index < -0.39 is 11.9 Å². The van der Waals surface area contributed by atoms with Crippen molar-refractivity contribution >= 4 is 17.4 Å². The quantitative estimate of drug-likeness (QED) is 0.942. The summed E-state index contributed by atoms with van der Waals surface area (Å²) < 4.78 is 19.4. The van der Waals surface area contributed by atoms with Gasteiger partial charge in [-0.3, -0.25) is 0 Å². The molecule has 6 heteroatoms. The topological polar surface area (TPSA) is 45.6 Å². The Hall–Kier alpha value is -1.85. The fraction of sp³-hybridized carbons (Fsp3) is 0.312. The van der Waals surface area contributed by atoms with E-state index in [1.807, 2.05) is 24.3 Å². The van der Waals surface area contributed by atoms with Crippen LogP contribution in [-0.4, -0.2) is 29.8 Å². The average Bonchev–Trinajstić information content (AvgIpc) is 2.89. The number of benzene rings is 1. The Balaban J connectivity index is 1.98. The van der Waals surface area contributed by atoms with Crippen LogP contribution in [0.2, 0.25) is 5.02 Å². The SMILES string of the molecule is COc1cccc([C@@H]2C[C@@H](O)CN2c2ncc(Cl)cc2F)c1. The number of rotatable bonds is 3. The maximum absolute atomic E-state index is 14.2. The van der Waals surface area contributed by atoms with Crippen molar-refractivity contribution in [1.29, 1.82) is 0 Å². The number of ether oxygens (including phenoxy) is 1. The number of β-amino-alcohol motifs (C(OH)–C–C–N with tert-alkyl or cyclic N) is 1. The number of aliphatic hydroxyl groups is 1. The predicted octanol–water partition coefficient (Wildman–Crippen LogP) is 3.20.